The molecular formula is C12H14F2N2. The van der Waals surface area contributed by atoms with Gasteiger partial charge in [0.05, 0.1) is 17.7 Å². The largest absolute Gasteiger partial charge is 0.371 e. The van der Waals surface area contributed by atoms with Crippen molar-refractivity contribution >= 4 is 5.69 Å². The number of nitriles is 1. The van der Waals surface area contributed by atoms with E-state index in [1.165, 1.54) is 0 Å². The van der Waals surface area contributed by atoms with Gasteiger partial charge >= 0.3 is 0 Å². The first-order valence-electron chi connectivity index (χ1n) is 5.14. The second-order valence-electron chi connectivity index (χ2n) is 3.71. The molecule has 0 spiro atoms. The van der Waals surface area contributed by atoms with Crippen molar-refractivity contribution in [2.75, 3.05) is 18.5 Å². The van der Waals surface area contributed by atoms with E-state index in [2.05, 4.69) is 6.07 Å². The molecular weight excluding hydrogens is 210 g/mol. The highest BCUT2D eigenvalue weighted by Crippen LogP contribution is 2.20. The minimum absolute atomic E-state index is 0.173. The van der Waals surface area contributed by atoms with Gasteiger partial charge in [0.15, 0.2) is 0 Å². The summed E-state index contributed by atoms with van der Waals surface area (Å²) in [5.74, 6) is -1.13. The number of nitrogens with zero attached hydrogens (tertiary/aromatic N) is 2. The van der Waals surface area contributed by atoms with Crippen LogP contribution < -0.4 is 4.90 Å². The second kappa shape index (κ2) is 5.45. The number of rotatable bonds is 4. The fourth-order valence-corrected chi connectivity index (χ4v) is 1.47. The highest BCUT2D eigenvalue weighted by atomic mass is 19.1. The van der Waals surface area contributed by atoms with Crippen LogP contribution in [0.4, 0.5) is 14.5 Å². The van der Waals surface area contributed by atoms with Crippen molar-refractivity contribution in [3.8, 4) is 6.07 Å². The van der Waals surface area contributed by atoms with Crippen molar-refractivity contribution < 1.29 is 8.78 Å². The Morgan fingerprint density at radius 2 is 2.12 bits per heavy atom. The summed E-state index contributed by atoms with van der Waals surface area (Å²) < 4.78 is 26.3. The van der Waals surface area contributed by atoms with Gasteiger partial charge < -0.3 is 4.90 Å². The highest BCUT2D eigenvalue weighted by Gasteiger charge is 2.13. The third-order valence-corrected chi connectivity index (χ3v) is 2.49. The molecule has 1 unspecified atom stereocenters. The molecule has 1 aromatic rings. The molecule has 16 heavy (non-hydrogen) atoms. The van der Waals surface area contributed by atoms with Gasteiger partial charge in [0.25, 0.3) is 0 Å². The number of hydrogen-bond acceptors (Lipinski definition) is 2. The third kappa shape index (κ3) is 2.93. The first kappa shape index (κ1) is 12.4. The lowest BCUT2D eigenvalue weighted by Crippen LogP contribution is -2.25. The van der Waals surface area contributed by atoms with Crippen molar-refractivity contribution in [2.24, 2.45) is 5.92 Å². The maximum absolute atomic E-state index is 13.4. The monoisotopic (exact) mass is 224 g/mol. The Hall–Kier alpha value is -1.63. The number of hydrogen-bond donors (Lipinski definition) is 0. The van der Waals surface area contributed by atoms with Crippen molar-refractivity contribution in [3.05, 3.63) is 29.8 Å². The highest BCUT2D eigenvalue weighted by molar-refractivity contribution is 5.47. The average molecular weight is 224 g/mol. The lowest BCUT2D eigenvalue weighted by atomic mass is 10.1. The summed E-state index contributed by atoms with van der Waals surface area (Å²) in [7, 11) is 1.65. The lowest BCUT2D eigenvalue weighted by Gasteiger charge is -2.22. The fraction of sp³-hybridized carbons (Fsp3) is 0.417. The van der Waals surface area contributed by atoms with E-state index >= 15 is 0 Å². The molecule has 4 heteroatoms. The van der Waals surface area contributed by atoms with E-state index in [0.29, 0.717) is 13.0 Å². The minimum atomic E-state index is -0.478. The van der Waals surface area contributed by atoms with Gasteiger partial charge in [-0.25, -0.2) is 8.78 Å². The molecule has 0 saturated carbocycles. The topological polar surface area (TPSA) is 27.0 Å². The summed E-state index contributed by atoms with van der Waals surface area (Å²) in [4.78, 5) is 1.57. The molecule has 0 fully saturated rings. The SMILES string of the molecule is CCC(C#N)CN(C)c1cc(F)ccc1F. The zero-order valence-electron chi connectivity index (χ0n) is 9.37. The van der Waals surface area contributed by atoms with Gasteiger partial charge in [0.2, 0.25) is 0 Å². The lowest BCUT2D eigenvalue weighted by molar-refractivity contribution is 0.582. The summed E-state index contributed by atoms with van der Waals surface area (Å²) >= 11 is 0. The first-order chi connectivity index (χ1) is 7.58. The molecule has 1 atom stereocenters. The molecule has 2 nitrogen and oxygen atoms in total. The van der Waals surface area contributed by atoms with Crippen molar-refractivity contribution in [3.63, 3.8) is 0 Å². The van der Waals surface area contributed by atoms with Gasteiger partial charge in [-0.3, -0.25) is 0 Å². The number of anilines is 1. The van der Waals surface area contributed by atoms with Gasteiger partial charge in [-0.1, -0.05) is 6.92 Å². The van der Waals surface area contributed by atoms with Crippen LogP contribution in [-0.2, 0) is 0 Å². The van der Waals surface area contributed by atoms with Crippen molar-refractivity contribution in [1.82, 2.24) is 0 Å². The summed E-state index contributed by atoms with van der Waals surface area (Å²) in [5.41, 5.74) is 0.189. The fourth-order valence-electron chi connectivity index (χ4n) is 1.47. The molecule has 0 aliphatic rings. The number of halogens is 2. The summed E-state index contributed by atoms with van der Waals surface area (Å²) in [5, 5.41) is 8.80. The molecule has 1 rings (SSSR count). The van der Waals surface area contributed by atoms with Gasteiger partial charge in [-0.15, -0.1) is 0 Å². The zero-order valence-corrected chi connectivity index (χ0v) is 9.37. The van der Waals surface area contributed by atoms with E-state index in [1.807, 2.05) is 6.92 Å². The molecule has 1 aromatic carbocycles. The average Bonchev–Trinajstić information content (AvgIpc) is 2.28. The second-order valence-corrected chi connectivity index (χ2v) is 3.71. The Morgan fingerprint density at radius 1 is 1.44 bits per heavy atom. The predicted molar refractivity (Wildman–Crippen MR) is 59.0 cm³/mol. The van der Waals surface area contributed by atoms with E-state index in [9.17, 15) is 8.78 Å². The molecule has 0 N–H and O–H groups in total. The molecule has 0 amide bonds. The van der Waals surface area contributed by atoms with Gasteiger partial charge in [-0.2, -0.15) is 5.26 Å². The normalized spacial score (nSPS) is 11.9. The summed E-state index contributed by atoms with van der Waals surface area (Å²) in [6, 6.07) is 5.44. The van der Waals surface area contributed by atoms with Crippen LogP contribution in [0, 0.1) is 28.9 Å². The molecule has 0 heterocycles. The maximum Gasteiger partial charge on any atom is 0.146 e. The van der Waals surface area contributed by atoms with Crippen LogP contribution in [0.15, 0.2) is 18.2 Å². The van der Waals surface area contributed by atoms with Crippen LogP contribution in [0.2, 0.25) is 0 Å². The van der Waals surface area contributed by atoms with E-state index in [4.69, 9.17) is 5.26 Å². The van der Waals surface area contributed by atoms with E-state index in [0.717, 1.165) is 18.2 Å². The molecule has 0 aliphatic carbocycles. The van der Waals surface area contributed by atoms with Crippen LogP contribution in [0.1, 0.15) is 13.3 Å². The van der Waals surface area contributed by atoms with Crippen LogP contribution in [0.25, 0.3) is 0 Å². The van der Waals surface area contributed by atoms with Gasteiger partial charge in [-0.05, 0) is 18.6 Å². The zero-order chi connectivity index (χ0) is 12.1. The smallest absolute Gasteiger partial charge is 0.146 e. The van der Waals surface area contributed by atoms with Crippen LogP contribution in [-0.4, -0.2) is 13.6 Å². The minimum Gasteiger partial charge on any atom is -0.371 e. The quantitative estimate of drug-likeness (QED) is 0.786. The third-order valence-electron chi connectivity index (χ3n) is 2.49. The molecule has 86 valence electrons. The predicted octanol–water partition coefficient (Wildman–Crippen LogP) is 2.95. The molecule has 0 radical (unpaired) electrons. The van der Waals surface area contributed by atoms with Crippen LogP contribution in [0.3, 0.4) is 0 Å². The van der Waals surface area contributed by atoms with E-state index in [1.54, 1.807) is 11.9 Å². The Labute approximate surface area is 94.1 Å². The Kier molecular flexibility index (Phi) is 4.24. The van der Waals surface area contributed by atoms with Crippen molar-refractivity contribution in [1.29, 1.82) is 5.26 Å². The van der Waals surface area contributed by atoms with Gasteiger partial charge in [0.1, 0.15) is 11.6 Å². The first-order valence-corrected chi connectivity index (χ1v) is 5.14. The Bertz CT molecular complexity index is 398. The Morgan fingerprint density at radius 3 is 2.69 bits per heavy atom. The van der Waals surface area contributed by atoms with Gasteiger partial charge in [0, 0.05) is 19.7 Å². The maximum atomic E-state index is 13.4. The molecule has 0 saturated heterocycles. The molecule has 0 aliphatic heterocycles. The summed E-state index contributed by atoms with van der Waals surface area (Å²) in [6.07, 6.45) is 0.692. The standard InChI is InChI=1S/C12H14F2N2/c1-3-9(7-15)8-16(2)12-6-10(13)4-5-11(12)14/h4-6,9H,3,8H2,1-2H3. The van der Waals surface area contributed by atoms with Crippen molar-refractivity contribution in [2.45, 2.75) is 13.3 Å². The summed E-state index contributed by atoms with van der Waals surface area (Å²) in [6.45, 7) is 2.29. The molecule has 0 bridgehead atoms. The molecule has 0 aromatic heterocycles. The van der Waals surface area contributed by atoms with Crippen LogP contribution >= 0.6 is 0 Å². The number of benzene rings is 1. The Balaban J connectivity index is 2.84. The van der Waals surface area contributed by atoms with E-state index < -0.39 is 11.6 Å². The van der Waals surface area contributed by atoms with Crippen LogP contribution in [0.5, 0.6) is 0 Å². The van der Waals surface area contributed by atoms with E-state index in [-0.39, 0.29) is 11.6 Å².